The number of amides is 2. The molecule has 0 radical (unpaired) electrons. The number of primary amides is 1. The Morgan fingerprint density at radius 1 is 0.966 bits per heavy atom. The largest absolute Gasteiger partial charge is 0.484 e. The van der Waals surface area contributed by atoms with Crippen LogP contribution in [0.1, 0.15) is 56.3 Å². The van der Waals surface area contributed by atoms with E-state index in [1.165, 1.54) is 11.6 Å². The van der Waals surface area contributed by atoms with Crippen LogP contribution in [-0.4, -0.2) is 18.4 Å². The van der Waals surface area contributed by atoms with Crippen molar-refractivity contribution >= 4 is 17.9 Å². The molecule has 0 aliphatic carbocycles. The molecule has 1 atom stereocenters. The summed E-state index contributed by atoms with van der Waals surface area (Å²) in [6.45, 7) is 8.35. The van der Waals surface area contributed by atoms with E-state index in [1.54, 1.807) is 18.2 Å². The summed E-state index contributed by atoms with van der Waals surface area (Å²) in [4.78, 5) is 23.2. The van der Waals surface area contributed by atoms with Crippen molar-refractivity contribution in [3.8, 4) is 5.75 Å². The van der Waals surface area contributed by atoms with Crippen molar-refractivity contribution in [1.29, 1.82) is 0 Å². The SMILES string of the molecule is CC(C)c1ccc(C(NC(=O)C=Cc2ccc(OCC(N)=O)cc2)C(C)C)cc1. The molecule has 1 unspecified atom stereocenters. The highest BCUT2D eigenvalue weighted by Gasteiger charge is 2.17. The van der Waals surface area contributed by atoms with Gasteiger partial charge in [0.05, 0.1) is 6.04 Å². The van der Waals surface area contributed by atoms with Crippen molar-refractivity contribution in [3.05, 3.63) is 71.3 Å². The monoisotopic (exact) mass is 394 g/mol. The topological polar surface area (TPSA) is 81.4 Å². The van der Waals surface area contributed by atoms with Gasteiger partial charge < -0.3 is 15.8 Å². The van der Waals surface area contributed by atoms with Gasteiger partial charge in [-0.1, -0.05) is 64.1 Å². The van der Waals surface area contributed by atoms with E-state index in [2.05, 4.69) is 57.3 Å². The Bertz CT molecular complexity index is 837. The predicted octanol–water partition coefficient (Wildman–Crippen LogP) is 4.20. The van der Waals surface area contributed by atoms with Crippen LogP contribution in [-0.2, 0) is 9.59 Å². The number of benzene rings is 2. The number of carbonyl (C=O) groups excluding carboxylic acids is 2. The van der Waals surface area contributed by atoms with Gasteiger partial charge in [0.15, 0.2) is 6.61 Å². The van der Waals surface area contributed by atoms with Gasteiger partial charge in [-0.3, -0.25) is 9.59 Å². The average Bonchev–Trinajstić information content (AvgIpc) is 2.69. The number of hydrogen-bond acceptors (Lipinski definition) is 3. The van der Waals surface area contributed by atoms with Gasteiger partial charge in [-0.05, 0) is 46.7 Å². The highest BCUT2D eigenvalue weighted by molar-refractivity contribution is 5.92. The minimum absolute atomic E-state index is 0.0575. The molecule has 0 spiro atoms. The van der Waals surface area contributed by atoms with E-state index in [4.69, 9.17) is 10.5 Å². The molecule has 0 aliphatic rings. The van der Waals surface area contributed by atoms with Crippen molar-refractivity contribution in [2.24, 2.45) is 11.7 Å². The van der Waals surface area contributed by atoms with Crippen LogP contribution in [0.4, 0.5) is 0 Å². The molecular formula is C24H30N2O3. The van der Waals surface area contributed by atoms with Gasteiger partial charge in [-0.25, -0.2) is 0 Å². The minimum Gasteiger partial charge on any atom is -0.484 e. The zero-order valence-corrected chi connectivity index (χ0v) is 17.5. The molecule has 0 heterocycles. The summed E-state index contributed by atoms with van der Waals surface area (Å²) >= 11 is 0. The van der Waals surface area contributed by atoms with Gasteiger partial charge >= 0.3 is 0 Å². The fourth-order valence-electron chi connectivity index (χ4n) is 2.93. The lowest BCUT2D eigenvalue weighted by Crippen LogP contribution is -2.30. The summed E-state index contributed by atoms with van der Waals surface area (Å²) in [5.41, 5.74) is 8.29. The van der Waals surface area contributed by atoms with Crippen molar-refractivity contribution in [3.63, 3.8) is 0 Å². The molecular weight excluding hydrogens is 364 g/mol. The molecule has 0 aliphatic heterocycles. The fourth-order valence-corrected chi connectivity index (χ4v) is 2.93. The lowest BCUT2D eigenvalue weighted by molar-refractivity contribution is -0.120. The molecule has 2 amide bonds. The number of nitrogens with one attached hydrogen (secondary N) is 1. The molecule has 0 saturated heterocycles. The van der Waals surface area contributed by atoms with Gasteiger partial charge in [0.2, 0.25) is 5.91 Å². The summed E-state index contributed by atoms with van der Waals surface area (Å²) < 4.78 is 5.22. The maximum absolute atomic E-state index is 12.5. The van der Waals surface area contributed by atoms with Crippen LogP contribution in [0.3, 0.4) is 0 Å². The third-order valence-corrected chi connectivity index (χ3v) is 4.62. The minimum atomic E-state index is -0.524. The molecule has 3 N–H and O–H groups in total. The molecule has 0 fully saturated rings. The first kappa shape index (κ1) is 22.2. The maximum Gasteiger partial charge on any atom is 0.255 e. The zero-order valence-electron chi connectivity index (χ0n) is 17.5. The summed E-state index contributed by atoms with van der Waals surface area (Å²) in [6, 6.07) is 15.5. The van der Waals surface area contributed by atoms with Crippen molar-refractivity contribution < 1.29 is 14.3 Å². The summed E-state index contributed by atoms with van der Waals surface area (Å²) in [5, 5.41) is 3.09. The second kappa shape index (κ2) is 10.5. The van der Waals surface area contributed by atoms with Crippen molar-refractivity contribution in [2.45, 2.75) is 39.7 Å². The number of rotatable bonds is 9. The van der Waals surface area contributed by atoms with Crippen LogP contribution in [0, 0.1) is 5.92 Å². The van der Waals surface area contributed by atoms with Gasteiger partial charge in [-0.15, -0.1) is 0 Å². The first-order chi connectivity index (χ1) is 13.8. The van der Waals surface area contributed by atoms with E-state index in [1.807, 2.05) is 12.1 Å². The molecule has 0 saturated carbocycles. The van der Waals surface area contributed by atoms with E-state index in [0.29, 0.717) is 11.7 Å². The number of carbonyl (C=O) groups is 2. The second-order valence-electron chi connectivity index (χ2n) is 7.71. The standard InChI is InChI=1S/C24H30N2O3/c1-16(2)19-8-10-20(11-9-19)24(17(3)4)26-23(28)14-7-18-5-12-21(13-6-18)29-15-22(25)27/h5-14,16-17,24H,15H2,1-4H3,(H2,25,27)(H,26,28). The fraction of sp³-hybridized carbons (Fsp3) is 0.333. The van der Waals surface area contributed by atoms with Crippen LogP contribution in [0.5, 0.6) is 5.75 Å². The van der Waals surface area contributed by atoms with Crippen molar-refractivity contribution in [2.75, 3.05) is 6.61 Å². The van der Waals surface area contributed by atoms with Crippen molar-refractivity contribution in [1.82, 2.24) is 5.32 Å². The lowest BCUT2D eigenvalue weighted by Gasteiger charge is -2.23. The van der Waals surface area contributed by atoms with Gasteiger partial charge in [0, 0.05) is 6.08 Å². The molecule has 5 nitrogen and oxygen atoms in total. The van der Waals surface area contributed by atoms with Crippen LogP contribution < -0.4 is 15.8 Å². The van der Waals surface area contributed by atoms with E-state index in [0.717, 1.165) is 11.1 Å². The van der Waals surface area contributed by atoms with E-state index in [-0.39, 0.29) is 24.5 Å². The maximum atomic E-state index is 12.5. The highest BCUT2D eigenvalue weighted by Crippen LogP contribution is 2.24. The zero-order chi connectivity index (χ0) is 21.4. The Morgan fingerprint density at radius 2 is 1.55 bits per heavy atom. The Morgan fingerprint density at radius 3 is 2.07 bits per heavy atom. The number of nitrogens with two attached hydrogens (primary N) is 1. The smallest absolute Gasteiger partial charge is 0.255 e. The van der Waals surface area contributed by atoms with Gasteiger partial charge in [-0.2, -0.15) is 0 Å². The first-order valence-corrected chi connectivity index (χ1v) is 9.86. The second-order valence-corrected chi connectivity index (χ2v) is 7.71. The Kier molecular flexibility index (Phi) is 8.01. The third-order valence-electron chi connectivity index (χ3n) is 4.62. The number of ether oxygens (including phenoxy) is 1. The summed E-state index contributed by atoms with van der Waals surface area (Å²) in [6.07, 6.45) is 3.27. The highest BCUT2D eigenvalue weighted by atomic mass is 16.5. The van der Waals surface area contributed by atoms with E-state index in [9.17, 15) is 9.59 Å². The van der Waals surface area contributed by atoms with Crippen LogP contribution >= 0.6 is 0 Å². The molecule has 0 bridgehead atoms. The molecule has 29 heavy (non-hydrogen) atoms. The van der Waals surface area contributed by atoms with E-state index < -0.39 is 5.91 Å². The predicted molar refractivity (Wildman–Crippen MR) is 116 cm³/mol. The van der Waals surface area contributed by atoms with Crippen LogP contribution in [0.2, 0.25) is 0 Å². The summed E-state index contributed by atoms with van der Waals surface area (Å²) in [5.74, 6) is 0.621. The normalized spacial score (nSPS) is 12.3. The molecule has 2 aromatic carbocycles. The Balaban J connectivity index is 2.00. The molecule has 2 rings (SSSR count). The quantitative estimate of drug-likeness (QED) is 0.626. The average molecular weight is 395 g/mol. The summed E-state index contributed by atoms with van der Waals surface area (Å²) in [7, 11) is 0. The van der Waals surface area contributed by atoms with Crippen LogP contribution in [0.25, 0.3) is 6.08 Å². The molecule has 2 aromatic rings. The lowest BCUT2D eigenvalue weighted by atomic mass is 9.93. The van der Waals surface area contributed by atoms with Gasteiger partial charge in [0.1, 0.15) is 5.75 Å². The molecule has 5 heteroatoms. The molecule has 0 aromatic heterocycles. The Hall–Kier alpha value is -3.08. The Labute approximate surface area is 173 Å². The third kappa shape index (κ3) is 7.11. The van der Waals surface area contributed by atoms with Crippen LogP contribution in [0.15, 0.2) is 54.6 Å². The molecule has 154 valence electrons. The van der Waals surface area contributed by atoms with Gasteiger partial charge in [0.25, 0.3) is 5.91 Å². The van der Waals surface area contributed by atoms with E-state index >= 15 is 0 Å². The number of hydrogen-bond donors (Lipinski definition) is 2. The first-order valence-electron chi connectivity index (χ1n) is 9.86.